The lowest BCUT2D eigenvalue weighted by Gasteiger charge is -2.30. The summed E-state index contributed by atoms with van der Waals surface area (Å²) in [4.78, 5) is 19.6. The van der Waals surface area contributed by atoms with Crippen LogP contribution in [0.4, 0.5) is 10.1 Å². The minimum Gasteiger partial charge on any atom is -0.482 e. The van der Waals surface area contributed by atoms with Gasteiger partial charge in [0.15, 0.2) is 6.61 Å². The number of pyridine rings is 1. The molecule has 0 unspecified atom stereocenters. The van der Waals surface area contributed by atoms with Crippen LogP contribution >= 0.6 is 15.9 Å². The third-order valence-corrected chi connectivity index (χ3v) is 7.33. The van der Waals surface area contributed by atoms with E-state index in [4.69, 9.17) is 9.72 Å². The molecule has 1 aliphatic heterocycles. The number of benzene rings is 4. The number of nitrogens with zero attached hydrogens (tertiary/aromatic N) is 2. The van der Waals surface area contributed by atoms with Crippen molar-refractivity contribution in [3.8, 4) is 39.4 Å². The number of aromatic nitrogens is 1. The summed E-state index contributed by atoms with van der Waals surface area (Å²) >= 11 is 3.52. The van der Waals surface area contributed by atoms with Crippen molar-refractivity contribution in [3.05, 3.63) is 125 Å². The SMILES string of the molecule is Cc1ccc(-c2cc(-c3ccc(Br)cc3)nc(-c3ccc4c(c3)N(Cc3ccc(F)cc3)C(=O)CO4)c2)cc1. The molecule has 0 saturated heterocycles. The zero-order valence-corrected chi connectivity index (χ0v) is 22.8. The Kier molecular flexibility index (Phi) is 6.71. The number of hydrogen-bond donors (Lipinski definition) is 0. The van der Waals surface area contributed by atoms with Gasteiger partial charge in [0.1, 0.15) is 11.6 Å². The van der Waals surface area contributed by atoms with Gasteiger partial charge in [-0.15, -0.1) is 0 Å². The highest BCUT2D eigenvalue weighted by Crippen LogP contribution is 2.38. The van der Waals surface area contributed by atoms with Crippen LogP contribution in [0, 0.1) is 12.7 Å². The van der Waals surface area contributed by atoms with Crippen LogP contribution in [-0.4, -0.2) is 17.5 Å². The lowest BCUT2D eigenvalue weighted by Crippen LogP contribution is -2.38. The molecular formula is C33H24BrFN2O2. The van der Waals surface area contributed by atoms with E-state index in [0.29, 0.717) is 18.0 Å². The Balaban J connectivity index is 1.45. The van der Waals surface area contributed by atoms with E-state index in [9.17, 15) is 9.18 Å². The number of carbonyl (C=O) groups is 1. The molecule has 5 aromatic rings. The van der Waals surface area contributed by atoms with Crippen molar-refractivity contribution in [1.82, 2.24) is 4.98 Å². The number of carbonyl (C=O) groups excluding carboxylic acids is 1. The molecule has 2 heterocycles. The van der Waals surface area contributed by atoms with E-state index in [-0.39, 0.29) is 18.3 Å². The van der Waals surface area contributed by atoms with Crippen LogP contribution in [0.2, 0.25) is 0 Å². The van der Waals surface area contributed by atoms with Crippen LogP contribution in [0.3, 0.4) is 0 Å². The van der Waals surface area contributed by atoms with Gasteiger partial charge in [0.25, 0.3) is 5.91 Å². The van der Waals surface area contributed by atoms with Crippen molar-refractivity contribution in [3.63, 3.8) is 0 Å². The van der Waals surface area contributed by atoms with E-state index in [1.807, 2.05) is 42.5 Å². The molecule has 4 nitrogen and oxygen atoms in total. The molecular weight excluding hydrogens is 555 g/mol. The van der Waals surface area contributed by atoms with Crippen LogP contribution in [0.15, 0.2) is 108 Å². The fourth-order valence-electron chi connectivity index (χ4n) is 4.67. The average Bonchev–Trinajstić information content (AvgIpc) is 2.96. The average molecular weight is 579 g/mol. The van der Waals surface area contributed by atoms with E-state index < -0.39 is 0 Å². The number of aryl methyl sites for hydroxylation is 1. The Hall–Kier alpha value is -4.29. The summed E-state index contributed by atoms with van der Waals surface area (Å²) in [7, 11) is 0. The lowest BCUT2D eigenvalue weighted by molar-refractivity contribution is -0.121. The maximum Gasteiger partial charge on any atom is 0.265 e. The Bertz CT molecular complexity index is 1600. The highest BCUT2D eigenvalue weighted by Gasteiger charge is 2.26. The number of amides is 1. The molecule has 39 heavy (non-hydrogen) atoms. The molecule has 1 amide bonds. The minimum absolute atomic E-state index is 0.0393. The molecule has 0 spiro atoms. The first-order valence-corrected chi connectivity index (χ1v) is 13.4. The molecule has 1 aromatic heterocycles. The van der Waals surface area contributed by atoms with Crippen molar-refractivity contribution in [2.75, 3.05) is 11.5 Å². The minimum atomic E-state index is -0.309. The highest BCUT2D eigenvalue weighted by molar-refractivity contribution is 9.10. The predicted molar refractivity (Wildman–Crippen MR) is 156 cm³/mol. The van der Waals surface area contributed by atoms with Gasteiger partial charge in [-0.05, 0) is 78.2 Å². The molecule has 0 N–H and O–H groups in total. The molecule has 1 aliphatic rings. The third kappa shape index (κ3) is 5.33. The van der Waals surface area contributed by atoms with Gasteiger partial charge < -0.3 is 9.64 Å². The first kappa shape index (κ1) is 25.0. The maximum absolute atomic E-state index is 13.5. The standard InChI is InChI=1S/C33H24BrFN2O2/c1-21-2-6-23(7-3-21)26-16-29(24-8-11-27(34)12-9-24)36-30(17-26)25-10-15-32-31(18-25)37(33(38)20-39-32)19-22-4-13-28(35)14-5-22/h2-18H,19-20H2,1H3. The van der Waals surface area contributed by atoms with Crippen molar-refractivity contribution in [2.45, 2.75) is 13.5 Å². The van der Waals surface area contributed by atoms with E-state index in [2.05, 4.69) is 59.3 Å². The predicted octanol–water partition coefficient (Wildman–Crippen LogP) is 8.22. The maximum atomic E-state index is 13.5. The zero-order chi connectivity index (χ0) is 26.9. The van der Waals surface area contributed by atoms with E-state index in [1.54, 1.807) is 17.0 Å². The topological polar surface area (TPSA) is 42.4 Å². The molecule has 192 valence electrons. The normalized spacial score (nSPS) is 12.7. The molecule has 0 aliphatic carbocycles. The van der Waals surface area contributed by atoms with Gasteiger partial charge in [0.05, 0.1) is 23.6 Å². The Labute approximate surface area is 234 Å². The molecule has 0 saturated carbocycles. The molecule has 0 radical (unpaired) electrons. The van der Waals surface area contributed by atoms with E-state index >= 15 is 0 Å². The van der Waals surface area contributed by atoms with Crippen molar-refractivity contribution in [1.29, 1.82) is 0 Å². The second-order valence-corrected chi connectivity index (χ2v) is 10.5. The fourth-order valence-corrected chi connectivity index (χ4v) is 4.93. The van der Waals surface area contributed by atoms with Gasteiger partial charge in [0, 0.05) is 15.6 Å². The second-order valence-electron chi connectivity index (χ2n) is 9.58. The first-order chi connectivity index (χ1) is 18.9. The Morgan fingerprint density at radius 1 is 0.795 bits per heavy atom. The number of hydrogen-bond acceptors (Lipinski definition) is 3. The summed E-state index contributed by atoms with van der Waals surface area (Å²) in [6.45, 7) is 2.35. The summed E-state index contributed by atoms with van der Waals surface area (Å²) in [6, 6.07) is 32.7. The smallest absolute Gasteiger partial charge is 0.265 e. The second kappa shape index (κ2) is 10.5. The Morgan fingerprint density at radius 2 is 1.44 bits per heavy atom. The molecule has 0 atom stereocenters. The van der Waals surface area contributed by atoms with E-state index in [1.165, 1.54) is 17.7 Å². The molecule has 0 bridgehead atoms. The van der Waals surface area contributed by atoms with Crippen LogP contribution in [0.5, 0.6) is 5.75 Å². The van der Waals surface area contributed by atoms with Crippen LogP contribution in [-0.2, 0) is 11.3 Å². The van der Waals surface area contributed by atoms with Gasteiger partial charge in [0.2, 0.25) is 0 Å². The fraction of sp³-hybridized carbons (Fsp3) is 0.0909. The Morgan fingerprint density at radius 3 is 2.15 bits per heavy atom. The summed E-state index contributed by atoms with van der Waals surface area (Å²) in [5.41, 5.74) is 8.34. The summed E-state index contributed by atoms with van der Waals surface area (Å²) in [5.74, 6) is 0.167. The van der Waals surface area contributed by atoms with Crippen molar-refractivity contribution in [2.24, 2.45) is 0 Å². The number of ether oxygens (including phenoxy) is 1. The van der Waals surface area contributed by atoms with E-state index in [0.717, 1.165) is 43.7 Å². The van der Waals surface area contributed by atoms with Gasteiger partial charge in [-0.3, -0.25) is 4.79 Å². The first-order valence-electron chi connectivity index (χ1n) is 12.6. The molecule has 6 rings (SSSR count). The monoisotopic (exact) mass is 578 g/mol. The molecule has 4 aromatic carbocycles. The number of anilines is 1. The van der Waals surface area contributed by atoms with Gasteiger partial charge in [-0.2, -0.15) is 0 Å². The third-order valence-electron chi connectivity index (χ3n) is 6.80. The largest absolute Gasteiger partial charge is 0.482 e. The van der Waals surface area contributed by atoms with Crippen molar-refractivity contribution >= 4 is 27.5 Å². The van der Waals surface area contributed by atoms with Gasteiger partial charge in [-0.25, -0.2) is 9.37 Å². The summed E-state index contributed by atoms with van der Waals surface area (Å²) in [5, 5.41) is 0. The highest BCUT2D eigenvalue weighted by atomic mass is 79.9. The van der Waals surface area contributed by atoms with Crippen molar-refractivity contribution < 1.29 is 13.9 Å². The van der Waals surface area contributed by atoms with Gasteiger partial charge >= 0.3 is 0 Å². The molecule has 6 heteroatoms. The van der Waals surface area contributed by atoms with Gasteiger partial charge in [-0.1, -0.05) is 70.0 Å². The quantitative estimate of drug-likeness (QED) is 0.211. The summed E-state index contributed by atoms with van der Waals surface area (Å²) < 4.78 is 20.2. The zero-order valence-electron chi connectivity index (χ0n) is 21.2. The summed E-state index contributed by atoms with van der Waals surface area (Å²) in [6.07, 6.45) is 0. The van der Waals surface area contributed by atoms with Crippen LogP contribution < -0.4 is 9.64 Å². The number of halogens is 2. The van der Waals surface area contributed by atoms with Crippen LogP contribution in [0.25, 0.3) is 33.6 Å². The number of fused-ring (bicyclic) bond motifs is 1. The lowest BCUT2D eigenvalue weighted by atomic mass is 9.99. The van der Waals surface area contributed by atoms with Crippen LogP contribution in [0.1, 0.15) is 11.1 Å². The molecule has 0 fully saturated rings. The number of rotatable bonds is 5.